The fourth-order valence-corrected chi connectivity index (χ4v) is 1.33. The van der Waals surface area contributed by atoms with E-state index in [-0.39, 0.29) is 32.0 Å². The van der Waals surface area contributed by atoms with E-state index in [1.165, 1.54) is 0 Å². The molecule has 9 heteroatoms. The van der Waals surface area contributed by atoms with Crippen LogP contribution in [0, 0.1) is 5.92 Å². The van der Waals surface area contributed by atoms with Gasteiger partial charge in [-0.1, -0.05) is 6.92 Å². The first-order valence-corrected chi connectivity index (χ1v) is 6.68. The average molecular weight is 328 g/mol. The molecule has 1 aromatic rings. The van der Waals surface area contributed by atoms with E-state index in [1.54, 1.807) is 6.92 Å². The highest BCUT2D eigenvalue weighted by atomic mass is 16.6. The van der Waals surface area contributed by atoms with Crippen molar-refractivity contribution < 1.29 is 43.3 Å². The Hall–Kier alpha value is -2.68. The van der Waals surface area contributed by atoms with E-state index in [4.69, 9.17) is 14.9 Å². The Bertz CT molecular complexity index is 587. The van der Waals surface area contributed by atoms with Gasteiger partial charge in [0.15, 0.2) is 0 Å². The Morgan fingerprint density at radius 2 is 1.74 bits per heavy atom. The van der Waals surface area contributed by atoms with E-state index in [2.05, 4.69) is 9.15 Å². The number of carboxylic acids is 1. The second-order valence-electron chi connectivity index (χ2n) is 4.70. The molecule has 0 amide bonds. The zero-order valence-corrected chi connectivity index (χ0v) is 12.3. The van der Waals surface area contributed by atoms with E-state index < -0.39 is 35.4 Å². The van der Waals surface area contributed by atoms with Crippen molar-refractivity contribution in [3.8, 4) is 0 Å². The monoisotopic (exact) mass is 328 g/mol. The van der Waals surface area contributed by atoms with Crippen molar-refractivity contribution in [1.29, 1.82) is 0 Å². The Balaban J connectivity index is 2.36. The third-order valence-electron chi connectivity index (χ3n) is 2.60. The lowest BCUT2D eigenvalue weighted by atomic mass is 10.2. The normalized spacial score (nSPS) is 11.6. The summed E-state index contributed by atoms with van der Waals surface area (Å²) in [5.41, 5.74) is 0. The standard InChI is InChI=1S/C14H16O9/c1-8(6-15)7-21-11(16)4-5-12(17)23-14(20)10-3-2-9(22-10)13(18)19/h2-3,8,15H,4-7H2,1H3,(H,18,19). The van der Waals surface area contributed by atoms with Gasteiger partial charge in [-0.2, -0.15) is 0 Å². The van der Waals surface area contributed by atoms with Crippen LogP contribution in [0.2, 0.25) is 0 Å². The summed E-state index contributed by atoms with van der Waals surface area (Å²) in [4.78, 5) is 44.8. The number of furan rings is 1. The molecule has 9 nitrogen and oxygen atoms in total. The minimum absolute atomic E-state index is 0.0215. The van der Waals surface area contributed by atoms with Gasteiger partial charge in [0.2, 0.25) is 11.5 Å². The van der Waals surface area contributed by atoms with Gasteiger partial charge in [0.05, 0.1) is 19.4 Å². The molecule has 1 heterocycles. The smallest absolute Gasteiger partial charge is 0.381 e. The van der Waals surface area contributed by atoms with Crippen molar-refractivity contribution in [2.45, 2.75) is 19.8 Å². The summed E-state index contributed by atoms with van der Waals surface area (Å²) < 4.78 is 13.9. The number of aliphatic hydroxyl groups excluding tert-OH is 1. The lowest BCUT2D eigenvalue weighted by Crippen LogP contribution is -2.17. The van der Waals surface area contributed by atoms with E-state index in [1.807, 2.05) is 0 Å². The minimum Gasteiger partial charge on any atom is -0.475 e. The summed E-state index contributed by atoms with van der Waals surface area (Å²) in [5.74, 6) is -5.27. The first-order chi connectivity index (χ1) is 10.8. The number of hydrogen-bond donors (Lipinski definition) is 2. The molecule has 1 aromatic heterocycles. The van der Waals surface area contributed by atoms with Gasteiger partial charge in [-0.3, -0.25) is 9.59 Å². The molecule has 0 aromatic carbocycles. The number of carbonyl (C=O) groups excluding carboxylic acids is 3. The van der Waals surface area contributed by atoms with Gasteiger partial charge in [-0.05, 0) is 12.1 Å². The van der Waals surface area contributed by atoms with Gasteiger partial charge in [0.1, 0.15) is 0 Å². The zero-order valence-electron chi connectivity index (χ0n) is 12.3. The van der Waals surface area contributed by atoms with Gasteiger partial charge in [-0.15, -0.1) is 0 Å². The van der Waals surface area contributed by atoms with Crippen molar-refractivity contribution in [2.75, 3.05) is 13.2 Å². The van der Waals surface area contributed by atoms with Crippen molar-refractivity contribution in [3.05, 3.63) is 23.7 Å². The molecule has 126 valence electrons. The maximum atomic E-state index is 11.5. The maximum absolute atomic E-state index is 11.5. The van der Waals surface area contributed by atoms with Crippen molar-refractivity contribution in [1.82, 2.24) is 0 Å². The predicted octanol–water partition coefficient (Wildman–Crippen LogP) is 0.613. The number of rotatable bonds is 8. The molecule has 0 saturated carbocycles. The molecule has 0 saturated heterocycles. The van der Waals surface area contributed by atoms with E-state index in [9.17, 15) is 19.2 Å². The number of ether oxygens (including phenoxy) is 2. The van der Waals surface area contributed by atoms with Crippen LogP contribution in [0.3, 0.4) is 0 Å². The van der Waals surface area contributed by atoms with Gasteiger partial charge < -0.3 is 24.1 Å². The number of carboxylic acid groups (broad SMARTS) is 1. The molecular weight excluding hydrogens is 312 g/mol. The summed E-state index contributed by atoms with van der Waals surface area (Å²) >= 11 is 0. The van der Waals surface area contributed by atoms with Crippen molar-refractivity contribution >= 4 is 23.9 Å². The average Bonchev–Trinajstić information content (AvgIpc) is 3.00. The Morgan fingerprint density at radius 1 is 1.13 bits per heavy atom. The van der Waals surface area contributed by atoms with Crippen LogP contribution in [0.25, 0.3) is 0 Å². The first-order valence-electron chi connectivity index (χ1n) is 6.68. The van der Waals surface area contributed by atoms with Crippen LogP contribution in [-0.2, 0) is 19.1 Å². The molecule has 2 N–H and O–H groups in total. The van der Waals surface area contributed by atoms with Crippen LogP contribution >= 0.6 is 0 Å². The fourth-order valence-electron chi connectivity index (χ4n) is 1.33. The highest BCUT2D eigenvalue weighted by molar-refractivity contribution is 5.96. The second kappa shape index (κ2) is 8.69. The second-order valence-corrected chi connectivity index (χ2v) is 4.70. The fraction of sp³-hybridized carbons (Fsp3) is 0.429. The zero-order chi connectivity index (χ0) is 17.4. The van der Waals surface area contributed by atoms with Gasteiger partial charge in [0.25, 0.3) is 0 Å². The highest BCUT2D eigenvalue weighted by Gasteiger charge is 2.20. The summed E-state index contributed by atoms with van der Waals surface area (Å²) in [5, 5.41) is 17.4. The van der Waals surface area contributed by atoms with Gasteiger partial charge >= 0.3 is 23.9 Å². The number of carbonyl (C=O) groups is 4. The van der Waals surface area contributed by atoms with E-state index in [0.717, 1.165) is 12.1 Å². The van der Waals surface area contributed by atoms with Crippen LogP contribution in [0.5, 0.6) is 0 Å². The van der Waals surface area contributed by atoms with Crippen LogP contribution in [0.15, 0.2) is 16.5 Å². The number of esters is 3. The molecule has 0 aliphatic heterocycles. The van der Waals surface area contributed by atoms with Crippen LogP contribution in [-0.4, -0.2) is 47.3 Å². The van der Waals surface area contributed by atoms with Crippen molar-refractivity contribution in [3.63, 3.8) is 0 Å². The number of hydrogen-bond acceptors (Lipinski definition) is 8. The van der Waals surface area contributed by atoms with Crippen LogP contribution in [0.1, 0.15) is 40.9 Å². The van der Waals surface area contributed by atoms with Gasteiger partial charge in [0, 0.05) is 12.5 Å². The van der Waals surface area contributed by atoms with E-state index in [0.29, 0.717) is 0 Å². The summed E-state index contributed by atoms with van der Waals surface area (Å²) in [6.45, 7) is 1.56. The molecule has 0 aliphatic rings. The topological polar surface area (TPSA) is 140 Å². The molecular formula is C14H16O9. The molecule has 1 atom stereocenters. The summed E-state index contributed by atoms with van der Waals surface area (Å²) in [6, 6.07) is 2.10. The number of aromatic carboxylic acids is 1. The molecule has 0 aliphatic carbocycles. The molecule has 23 heavy (non-hydrogen) atoms. The van der Waals surface area contributed by atoms with Crippen molar-refractivity contribution in [2.24, 2.45) is 5.92 Å². The van der Waals surface area contributed by atoms with Crippen LogP contribution < -0.4 is 0 Å². The molecule has 0 radical (unpaired) electrons. The molecule has 1 unspecified atom stereocenters. The summed E-state index contributed by atoms with van der Waals surface area (Å²) in [6.07, 6.45) is -0.673. The SMILES string of the molecule is CC(CO)COC(=O)CCC(=O)OC(=O)c1ccc(C(=O)O)o1. The van der Waals surface area contributed by atoms with Gasteiger partial charge in [-0.25, -0.2) is 9.59 Å². The van der Waals surface area contributed by atoms with E-state index >= 15 is 0 Å². The first kappa shape index (κ1) is 18.4. The Morgan fingerprint density at radius 3 is 2.30 bits per heavy atom. The maximum Gasteiger partial charge on any atom is 0.381 e. The van der Waals surface area contributed by atoms with Crippen LogP contribution in [0.4, 0.5) is 0 Å². The quantitative estimate of drug-likeness (QED) is 0.518. The third kappa shape index (κ3) is 6.30. The molecule has 0 spiro atoms. The summed E-state index contributed by atoms with van der Waals surface area (Å²) in [7, 11) is 0. The largest absolute Gasteiger partial charge is 0.475 e. The Kier molecular flexibility index (Phi) is 6.94. The molecule has 0 bridgehead atoms. The number of aliphatic hydroxyl groups is 1. The molecule has 0 fully saturated rings. The Labute approximate surface area is 130 Å². The predicted molar refractivity (Wildman–Crippen MR) is 72.5 cm³/mol. The lowest BCUT2D eigenvalue weighted by Gasteiger charge is -2.08. The minimum atomic E-state index is -1.37. The lowest BCUT2D eigenvalue weighted by molar-refractivity contribution is -0.149. The highest BCUT2D eigenvalue weighted by Crippen LogP contribution is 2.10. The third-order valence-corrected chi connectivity index (χ3v) is 2.60. The molecule has 1 rings (SSSR count).